The largest absolute Gasteiger partial charge is 0.481 e. The van der Waals surface area contributed by atoms with Crippen molar-refractivity contribution in [1.29, 1.82) is 0 Å². The van der Waals surface area contributed by atoms with Gasteiger partial charge in [0, 0.05) is 11.4 Å². The van der Waals surface area contributed by atoms with E-state index in [4.69, 9.17) is 5.11 Å². The fourth-order valence-electron chi connectivity index (χ4n) is 1.41. The smallest absolute Gasteiger partial charge is 0.319 e. The average molecular weight is 270 g/mol. The molecule has 1 aromatic rings. The lowest BCUT2D eigenvalue weighted by atomic mass is 9.85. The van der Waals surface area contributed by atoms with Gasteiger partial charge in [0.2, 0.25) is 0 Å². The number of carbonyl (C=O) groups is 2. The van der Waals surface area contributed by atoms with Gasteiger partial charge >= 0.3 is 12.0 Å². The number of amides is 2. The van der Waals surface area contributed by atoms with Gasteiger partial charge in [-0.3, -0.25) is 4.79 Å². The standard InChI is InChI=1S/C12H18N2O3S/c1-12(2,3)9(6-10(15)16)14-11(17)13-8-4-5-18-7-8/h4-5,7,9H,6H2,1-3H3,(H,15,16)(H2,13,14,17). The van der Waals surface area contributed by atoms with Gasteiger partial charge in [-0.25, -0.2) is 4.79 Å². The molecule has 5 nitrogen and oxygen atoms in total. The lowest BCUT2D eigenvalue weighted by Gasteiger charge is -2.30. The van der Waals surface area contributed by atoms with Crippen LogP contribution in [0.3, 0.4) is 0 Å². The predicted octanol–water partition coefficient (Wildman–Crippen LogP) is 2.76. The zero-order valence-corrected chi connectivity index (χ0v) is 11.5. The summed E-state index contributed by atoms with van der Waals surface area (Å²) in [7, 11) is 0. The van der Waals surface area contributed by atoms with Crippen molar-refractivity contribution >= 4 is 29.0 Å². The highest BCUT2D eigenvalue weighted by atomic mass is 32.1. The molecule has 0 saturated carbocycles. The van der Waals surface area contributed by atoms with Crippen LogP contribution in [0.2, 0.25) is 0 Å². The first-order valence-electron chi connectivity index (χ1n) is 5.60. The first-order valence-corrected chi connectivity index (χ1v) is 6.55. The maximum Gasteiger partial charge on any atom is 0.319 e. The molecule has 0 aliphatic heterocycles. The van der Waals surface area contributed by atoms with Crippen molar-refractivity contribution < 1.29 is 14.7 Å². The second kappa shape index (κ2) is 5.86. The second-order valence-corrected chi connectivity index (χ2v) is 5.91. The maximum atomic E-state index is 11.7. The van der Waals surface area contributed by atoms with E-state index in [0.717, 1.165) is 0 Å². The molecule has 18 heavy (non-hydrogen) atoms. The number of urea groups is 1. The van der Waals surface area contributed by atoms with E-state index in [1.807, 2.05) is 31.5 Å². The highest BCUT2D eigenvalue weighted by Crippen LogP contribution is 2.22. The number of hydrogen-bond donors (Lipinski definition) is 3. The molecule has 1 rings (SSSR count). The van der Waals surface area contributed by atoms with Gasteiger partial charge in [-0.2, -0.15) is 11.3 Å². The molecule has 1 atom stereocenters. The molecule has 0 aliphatic carbocycles. The summed E-state index contributed by atoms with van der Waals surface area (Å²) in [5, 5.41) is 17.9. The molecule has 0 spiro atoms. The Morgan fingerprint density at radius 3 is 2.56 bits per heavy atom. The zero-order valence-electron chi connectivity index (χ0n) is 10.7. The van der Waals surface area contributed by atoms with E-state index in [2.05, 4.69) is 10.6 Å². The van der Waals surface area contributed by atoms with Crippen molar-refractivity contribution in [3.05, 3.63) is 16.8 Å². The van der Waals surface area contributed by atoms with E-state index in [1.165, 1.54) is 11.3 Å². The fourth-order valence-corrected chi connectivity index (χ4v) is 2.00. The molecule has 0 aromatic carbocycles. The quantitative estimate of drug-likeness (QED) is 0.787. The van der Waals surface area contributed by atoms with Crippen LogP contribution in [0, 0.1) is 5.41 Å². The van der Waals surface area contributed by atoms with Crippen molar-refractivity contribution in [3.63, 3.8) is 0 Å². The molecule has 1 aromatic heterocycles. The van der Waals surface area contributed by atoms with Crippen LogP contribution in [-0.2, 0) is 4.79 Å². The molecule has 100 valence electrons. The third-order valence-corrected chi connectivity index (χ3v) is 3.19. The number of aliphatic carboxylic acids is 1. The molecule has 6 heteroatoms. The summed E-state index contributed by atoms with van der Waals surface area (Å²) in [5.74, 6) is -0.925. The van der Waals surface area contributed by atoms with Crippen LogP contribution in [0.4, 0.5) is 10.5 Å². The number of nitrogens with one attached hydrogen (secondary N) is 2. The van der Waals surface area contributed by atoms with E-state index in [-0.39, 0.29) is 17.9 Å². The molecule has 1 unspecified atom stereocenters. The molecule has 0 saturated heterocycles. The minimum atomic E-state index is -0.925. The molecule has 0 radical (unpaired) electrons. The number of thiophene rings is 1. The maximum absolute atomic E-state index is 11.7. The van der Waals surface area contributed by atoms with Gasteiger partial charge in [-0.1, -0.05) is 20.8 Å². The number of carboxylic acids is 1. The van der Waals surface area contributed by atoms with Crippen molar-refractivity contribution in [2.24, 2.45) is 5.41 Å². The summed E-state index contributed by atoms with van der Waals surface area (Å²) >= 11 is 1.48. The monoisotopic (exact) mass is 270 g/mol. The van der Waals surface area contributed by atoms with Crippen molar-refractivity contribution in [2.45, 2.75) is 33.2 Å². The Morgan fingerprint density at radius 1 is 1.44 bits per heavy atom. The predicted molar refractivity (Wildman–Crippen MR) is 72.0 cm³/mol. The molecule has 0 bridgehead atoms. The van der Waals surface area contributed by atoms with Gasteiger partial charge in [0.05, 0.1) is 12.1 Å². The van der Waals surface area contributed by atoms with Gasteiger partial charge in [-0.05, 0) is 16.9 Å². The first kappa shape index (κ1) is 14.5. The Balaban J connectivity index is 2.60. The summed E-state index contributed by atoms with van der Waals surface area (Å²) in [5.41, 5.74) is 0.394. The van der Waals surface area contributed by atoms with Crippen LogP contribution in [-0.4, -0.2) is 23.1 Å². The van der Waals surface area contributed by atoms with Gasteiger partial charge in [0.1, 0.15) is 0 Å². The van der Waals surface area contributed by atoms with Crippen molar-refractivity contribution in [2.75, 3.05) is 5.32 Å². The zero-order chi connectivity index (χ0) is 13.8. The topological polar surface area (TPSA) is 78.4 Å². The molecular formula is C12H18N2O3S. The summed E-state index contributed by atoms with van der Waals surface area (Å²) in [4.78, 5) is 22.5. The van der Waals surface area contributed by atoms with Gasteiger partial charge < -0.3 is 15.7 Å². The second-order valence-electron chi connectivity index (χ2n) is 5.13. The molecular weight excluding hydrogens is 252 g/mol. The number of anilines is 1. The SMILES string of the molecule is CC(C)(C)C(CC(=O)O)NC(=O)Nc1ccsc1. The third-order valence-electron chi connectivity index (χ3n) is 2.51. The van der Waals surface area contributed by atoms with Crippen LogP contribution in [0.25, 0.3) is 0 Å². The Labute approximate surface area is 110 Å². The Bertz CT molecular complexity index is 409. The number of carbonyl (C=O) groups excluding carboxylic acids is 1. The number of hydrogen-bond acceptors (Lipinski definition) is 3. The molecule has 3 N–H and O–H groups in total. The van der Waals surface area contributed by atoms with Gasteiger partial charge in [-0.15, -0.1) is 0 Å². The van der Waals surface area contributed by atoms with Gasteiger partial charge in [0.25, 0.3) is 0 Å². The van der Waals surface area contributed by atoms with E-state index in [1.54, 1.807) is 6.07 Å². The average Bonchev–Trinajstić information content (AvgIpc) is 2.67. The van der Waals surface area contributed by atoms with Gasteiger partial charge in [0.15, 0.2) is 0 Å². The van der Waals surface area contributed by atoms with E-state index < -0.39 is 12.0 Å². The minimum absolute atomic E-state index is 0.0967. The third kappa shape index (κ3) is 4.75. The normalized spacial score (nSPS) is 12.8. The Hall–Kier alpha value is -1.56. The lowest BCUT2D eigenvalue weighted by molar-refractivity contribution is -0.138. The van der Waals surface area contributed by atoms with E-state index in [0.29, 0.717) is 5.69 Å². The summed E-state index contributed by atoms with van der Waals surface area (Å²) in [6.45, 7) is 5.68. The fraction of sp³-hybridized carbons (Fsp3) is 0.500. The summed E-state index contributed by atoms with van der Waals surface area (Å²) in [6, 6.07) is 0.983. The molecule has 0 aliphatic rings. The van der Waals surface area contributed by atoms with Crippen molar-refractivity contribution in [1.82, 2.24) is 5.32 Å². The van der Waals surface area contributed by atoms with Crippen LogP contribution >= 0.6 is 11.3 Å². The Morgan fingerprint density at radius 2 is 2.11 bits per heavy atom. The molecule has 1 heterocycles. The Kier molecular flexibility index (Phi) is 4.72. The van der Waals surface area contributed by atoms with Crippen LogP contribution < -0.4 is 10.6 Å². The highest BCUT2D eigenvalue weighted by molar-refractivity contribution is 7.08. The molecule has 2 amide bonds. The number of rotatable bonds is 4. The summed E-state index contributed by atoms with van der Waals surface area (Å²) < 4.78 is 0. The minimum Gasteiger partial charge on any atom is -0.481 e. The van der Waals surface area contributed by atoms with Crippen LogP contribution in [0.1, 0.15) is 27.2 Å². The first-order chi connectivity index (χ1) is 8.29. The number of carboxylic acid groups (broad SMARTS) is 1. The van der Waals surface area contributed by atoms with E-state index >= 15 is 0 Å². The summed E-state index contributed by atoms with van der Waals surface area (Å²) in [6.07, 6.45) is -0.0967. The molecule has 0 fully saturated rings. The van der Waals surface area contributed by atoms with Crippen LogP contribution in [0.5, 0.6) is 0 Å². The highest BCUT2D eigenvalue weighted by Gasteiger charge is 2.28. The van der Waals surface area contributed by atoms with Crippen molar-refractivity contribution in [3.8, 4) is 0 Å². The van der Waals surface area contributed by atoms with Crippen LogP contribution in [0.15, 0.2) is 16.8 Å². The van der Waals surface area contributed by atoms with E-state index in [9.17, 15) is 9.59 Å². The lowest BCUT2D eigenvalue weighted by Crippen LogP contribution is -2.46.